The largest absolute Gasteiger partial charge is 0.319 e. The van der Waals surface area contributed by atoms with Gasteiger partial charge < -0.3 is 4.57 Å². The third-order valence-corrected chi connectivity index (χ3v) is 15.3. The molecule has 1 aliphatic carbocycles. The Bertz CT molecular complexity index is 3350. The van der Waals surface area contributed by atoms with E-state index in [2.05, 4.69) is 188 Å². The molecule has 1 fully saturated rings. The Morgan fingerprint density at radius 3 is 1.18 bits per heavy atom. The van der Waals surface area contributed by atoms with Gasteiger partial charge >= 0.3 is 0 Å². The van der Waals surface area contributed by atoms with E-state index in [1.807, 2.05) is 31.5 Å². The SMILES string of the molecule is CP(C)(=O)c1c2ccccc2c(-c2ccc(C3(c4ccc(-c5nc(-c6ccccc6)nc(-c6ccc(-c7ccccc7-c7ccccc7)cc6)n5)cc4)CCCCC3)cc2)c2ccccc12. The second-order valence-electron chi connectivity index (χ2n) is 18.1. The number of fused-ring (bicyclic) bond motifs is 2. The number of hydrogen-bond donors (Lipinski definition) is 0. The molecular weight excluding hydrogens is 822 g/mol. The highest BCUT2D eigenvalue weighted by Crippen LogP contribution is 2.48. The van der Waals surface area contributed by atoms with Gasteiger partial charge in [0.15, 0.2) is 17.5 Å². The third-order valence-electron chi connectivity index (χ3n) is 13.7. The van der Waals surface area contributed by atoms with Crippen LogP contribution in [0.1, 0.15) is 43.2 Å². The summed E-state index contributed by atoms with van der Waals surface area (Å²) in [7, 11) is -2.58. The highest BCUT2D eigenvalue weighted by Gasteiger charge is 2.36. The monoisotopic (exact) mass is 871 g/mol. The van der Waals surface area contributed by atoms with Gasteiger partial charge in [-0.2, -0.15) is 0 Å². The van der Waals surface area contributed by atoms with Gasteiger partial charge in [-0.1, -0.05) is 226 Å². The molecule has 0 saturated heterocycles. The topological polar surface area (TPSA) is 55.7 Å². The van der Waals surface area contributed by atoms with Crippen molar-refractivity contribution in [2.24, 2.45) is 0 Å². The second kappa shape index (κ2) is 17.3. The molecule has 1 aromatic heterocycles. The molecule has 0 amide bonds. The first-order valence-corrected chi connectivity index (χ1v) is 25.7. The van der Waals surface area contributed by atoms with Gasteiger partial charge in [0.05, 0.1) is 0 Å². The summed E-state index contributed by atoms with van der Waals surface area (Å²) in [6, 6.07) is 73.3. The van der Waals surface area contributed by atoms with Gasteiger partial charge in [0.25, 0.3) is 0 Å². The van der Waals surface area contributed by atoms with Crippen molar-refractivity contribution in [1.29, 1.82) is 0 Å². The molecule has 11 rings (SSSR count). The Kier molecular flexibility index (Phi) is 10.8. The maximum Gasteiger partial charge on any atom is 0.164 e. The summed E-state index contributed by atoms with van der Waals surface area (Å²) in [5, 5.41) is 5.41. The van der Waals surface area contributed by atoms with E-state index in [1.165, 1.54) is 58.2 Å². The first-order chi connectivity index (χ1) is 32.3. The first-order valence-electron chi connectivity index (χ1n) is 23.1. The van der Waals surface area contributed by atoms with E-state index in [1.54, 1.807) is 0 Å². The van der Waals surface area contributed by atoms with Gasteiger partial charge in [-0.3, -0.25) is 0 Å². The zero-order valence-electron chi connectivity index (χ0n) is 37.4. The Hall–Kier alpha value is -7.26. The van der Waals surface area contributed by atoms with Crippen LogP contribution < -0.4 is 5.30 Å². The van der Waals surface area contributed by atoms with Crippen LogP contribution in [0.4, 0.5) is 0 Å². The molecule has 0 aliphatic heterocycles. The lowest BCUT2D eigenvalue weighted by Crippen LogP contribution is -2.30. The predicted molar refractivity (Wildman–Crippen MR) is 277 cm³/mol. The van der Waals surface area contributed by atoms with Crippen molar-refractivity contribution in [3.63, 3.8) is 0 Å². The van der Waals surface area contributed by atoms with Crippen molar-refractivity contribution in [2.75, 3.05) is 13.3 Å². The van der Waals surface area contributed by atoms with Crippen LogP contribution >= 0.6 is 7.14 Å². The lowest BCUT2D eigenvalue weighted by Gasteiger charge is -2.39. The third kappa shape index (κ3) is 7.66. The van der Waals surface area contributed by atoms with Crippen LogP contribution in [0.15, 0.2) is 206 Å². The summed E-state index contributed by atoms with van der Waals surface area (Å²) in [4.78, 5) is 15.3. The zero-order chi connectivity index (χ0) is 44.7. The Morgan fingerprint density at radius 2 is 0.712 bits per heavy atom. The minimum atomic E-state index is -2.58. The van der Waals surface area contributed by atoms with Gasteiger partial charge in [-0.05, 0) is 92.2 Å². The molecule has 9 aromatic carbocycles. The molecule has 1 heterocycles. The lowest BCUT2D eigenvalue weighted by molar-refractivity contribution is 0.346. The summed E-state index contributed by atoms with van der Waals surface area (Å²) < 4.78 is 13.8. The highest BCUT2D eigenvalue weighted by molar-refractivity contribution is 7.71. The molecule has 0 bridgehead atoms. The number of benzene rings is 9. The zero-order valence-corrected chi connectivity index (χ0v) is 38.3. The molecule has 0 N–H and O–H groups in total. The Morgan fingerprint density at radius 1 is 0.364 bits per heavy atom. The minimum Gasteiger partial charge on any atom is -0.319 e. The number of aromatic nitrogens is 3. The fourth-order valence-electron chi connectivity index (χ4n) is 10.5. The number of nitrogens with zero attached hydrogens (tertiary/aromatic N) is 3. The van der Waals surface area contributed by atoms with Gasteiger partial charge in [0.1, 0.15) is 7.14 Å². The molecular formula is C61H50N3OP. The summed E-state index contributed by atoms with van der Waals surface area (Å²) in [6.07, 6.45) is 5.80. The molecule has 0 unspecified atom stereocenters. The van der Waals surface area contributed by atoms with E-state index in [4.69, 9.17) is 15.0 Å². The Balaban J connectivity index is 0.951. The molecule has 4 nitrogen and oxygen atoms in total. The van der Waals surface area contributed by atoms with Crippen LogP contribution in [0.5, 0.6) is 0 Å². The van der Waals surface area contributed by atoms with E-state index in [0.717, 1.165) is 61.9 Å². The predicted octanol–water partition coefficient (Wildman–Crippen LogP) is 15.7. The maximum atomic E-state index is 13.8. The standard InChI is InChI=1S/C61H50N3OP/c1-66(2,65)57-54-26-14-12-24-52(54)56(53-25-13-15-27-55(53)57)44-32-36-48(37-33-44)61(40-16-5-17-41-61)49-38-34-47(35-39-49)60-63-58(45-20-8-4-9-21-45)62-59(64-60)46-30-28-43(29-31-46)51-23-11-10-22-50(51)42-18-6-3-7-19-42/h3-4,6-15,18-39H,5,16-17,40-41H2,1-2H3. The molecule has 0 spiro atoms. The molecule has 1 saturated carbocycles. The molecule has 0 radical (unpaired) electrons. The van der Waals surface area contributed by atoms with Crippen molar-refractivity contribution < 1.29 is 4.57 Å². The van der Waals surface area contributed by atoms with Crippen molar-refractivity contribution in [3.05, 3.63) is 217 Å². The van der Waals surface area contributed by atoms with E-state index >= 15 is 0 Å². The fourth-order valence-corrected chi connectivity index (χ4v) is 12.1. The van der Waals surface area contributed by atoms with E-state index < -0.39 is 7.14 Å². The van der Waals surface area contributed by atoms with Gasteiger partial charge in [0, 0.05) is 27.4 Å². The summed E-state index contributed by atoms with van der Waals surface area (Å²) >= 11 is 0. The lowest BCUT2D eigenvalue weighted by atomic mass is 9.65. The fraction of sp³-hybridized carbons (Fsp3) is 0.131. The van der Waals surface area contributed by atoms with Crippen molar-refractivity contribution in [1.82, 2.24) is 15.0 Å². The van der Waals surface area contributed by atoms with Crippen LogP contribution in [0.2, 0.25) is 0 Å². The van der Waals surface area contributed by atoms with Gasteiger partial charge in [-0.25, -0.2) is 15.0 Å². The van der Waals surface area contributed by atoms with E-state index in [-0.39, 0.29) is 5.41 Å². The van der Waals surface area contributed by atoms with Crippen molar-refractivity contribution in [2.45, 2.75) is 37.5 Å². The summed E-state index contributed by atoms with van der Waals surface area (Å²) in [5.41, 5.74) is 12.5. The second-order valence-corrected chi connectivity index (χ2v) is 21.3. The van der Waals surface area contributed by atoms with E-state index in [9.17, 15) is 4.57 Å². The Labute approximate surface area is 387 Å². The first kappa shape index (κ1) is 41.4. The van der Waals surface area contributed by atoms with Gasteiger partial charge in [0.2, 0.25) is 0 Å². The van der Waals surface area contributed by atoms with Crippen molar-refractivity contribution >= 4 is 34.0 Å². The van der Waals surface area contributed by atoms with Crippen molar-refractivity contribution in [3.8, 4) is 67.5 Å². The van der Waals surface area contributed by atoms with Gasteiger partial charge in [-0.15, -0.1) is 0 Å². The number of hydrogen-bond acceptors (Lipinski definition) is 4. The molecule has 66 heavy (non-hydrogen) atoms. The maximum absolute atomic E-state index is 13.8. The van der Waals surface area contributed by atoms with Crippen LogP contribution in [0.3, 0.4) is 0 Å². The molecule has 0 atom stereocenters. The van der Waals surface area contributed by atoms with Crippen LogP contribution in [-0.2, 0) is 9.98 Å². The van der Waals surface area contributed by atoms with Crippen LogP contribution in [-0.4, -0.2) is 28.3 Å². The highest BCUT2D eigenvalue weighted by atomic mass is 31.2. The summed E-state index contributed by atoms with van der Waals surface area (Å²) in [6.45, 7) is 3.78. The quantitative estimate of drug-likeness (QED) is 0.107. The molecule has 320 valence electrons. The van der Waals surface area contributed by atoms with E-state index in [0.29, 0.717) is 17.5 Å². The summed E-state index contributed by atoms with van der Waals surface area (Å²) in [5.74, 6) is 1.94. The molecule has 1 aliphatic rings. The average molecular weight is 872 g/mol. The molecule has 10 aromatic rings. The van der Waals surface area contributed by atoms with Crippen LogP contribution in [0, 0.1) is 0 Å². The smallest absolute Gasteiger partial charge is 0.164 e. The normalized spacial score (nSPS) is 13.8. The molecule has 5 heteroatoms. The number of rotatable bonds is 9. The minimum absolute atomic E-state index is 0.110. The van der Waals surface area contributed by atoms with Crippen LogP contribution in [0.25, 0.3) is 89.1 Å². The average Bonchev–Trinajstić information content (AvgIpc) is 3.38.